The first-order valence-electron chi connectivity index (χ1n) is 9.69. The predicted octanol–water partition coefficient (Wildman–Crippen LogP) is 2.81. The summed E-state index contributed by atoms with van der Waals surface area (Å²) in [5.74, 6) is 0.0700. The minimum atomic E-state index is -0.411. The summed E-state index contributed by atoms with van der Waals surface area (Å²) < 4.78 is 0. The van der Waals surface area contributed by atoms with Gasteiger partial charge in [0.25, 0.3) is 0 Å². The van der Waals surface area contributed by atoms with Crippen molar-refractivity contribution in [3.05, 3.63) is 30.3 Å². The molecule has 1 aliphatic heterocycles. The van der Waals surface area contributed by atoms with E-state index < -0.39 is 5.41 Å². The topological polar surface area (TPSA) is 78.5 Å². The third-order valence-electron chi connectivity index (χ3n) is 4.79. The van der Waals surface area contributed by atoms with Crippen LogP contribution in [-0.2, 0) is 14.4 Å². The predicted molar refractivity (Wildman–Crippen MR) is 106 cm³/mol. The highest BCUT2D eigenvalue weighted by Crippen LogP contribution is 2.20. The van der Waals surface area contributed by atoms with Crippen molar-refractivity contribution in [2.75, 3.05) is 25.0 Å². The second kappa shape index (κ2) is 9.53. The van der Waals surface area contributed by atoms with Gasteiger partial charge in [0.05, 0.1) is 0 Å². The van der Waals surface area contributed by atoms with Crippen LogP contribution in [0.2, 0.25) is 0 Å². The Morgan fingerprint density at radius 2 is 1.70 bits per heavy atom. The van der Waals surface area contributed by atoms with Gasteiger partial charge in [0.2, 0.25) is 17.7 Å². The molecule has 0 saturated carbocycles. The average molecular weight is 373 g/mol. The Balaban J connectivity index is 1.66. The van der Waals surface area contributed by atoms with Gasteiger partial charge in [-0.3, -0.25) is 14.4 Å². The summed E-state index contributed by atoms with van der Waals surface area (Å²) in [6, 6.07) is 9.43. The normalized spacial score (nSPS) is 15.3. The van der Waals surface area contributed by atoms with E-state index in [9.17, 15) is 14.4 Å². The number of carbonyl (C=O) groups excluding carboxylic acids is 3. The minimum absolute atomic E-state index is 0.000178. The van der Waals surface area contributed by atoms with Gasteiger partial charge in [-0.05, 0) is 31.4 Å². The average Bonchev–Trinajstić information content (AvgIpc) is 2.65. The number of benzene rings is 1. The van der Waals surface area contributed by atoms with Gasteiger partial charge in [-0.1, -0.05) is 39.0 Å². The Labute approximate surface area is 161 Å². The summed E-state index contributed by atoms with van der Waals surface area (Å²) >= 11 is 0. The van der Waals surface area contributed by atoms with E-state index in [1.54, 1.807) is 0 Å². The molecule has 0 unspecified atom stereocenters. The molecule has 0 atom stereocenters. The molecule has 148 valence electrons. The molecular weight excluding hydrogens is 342 g/mol. The Bertz CT molecular complexity index is 644. The number of hydrogen-bond acceptors (Lipinski definition) is 3. The van der Waals surface area contributed by atoms with Gasteiger partial charge in [0.15, 0.2) is 0 Å². The quantitative estimate of drug-likeness (QED) is 0.753. The van der Waals surface area contributed by atoms with Gasteiger partial charge in [-0.15, -0.1) is 0 Å². The number of para-hydroxylation sites is 1. The number of piperidine rings is 1. The van der Waals surface area contributed by atoms with Gasteiger partial charge >= 0.3 is 0 Å². The van der Waals surface area contributed by atoms with Crippen molar-refractivity contribution in [2.24, 2.45) is 11.3 Å². The van der Waals surface area contributed by atoms with Crippen LogP contribution in [0.4, 0.5) is 5.69 Å². The molecule has 6 nitrogen and oxygen atoms in total. The highest BCUT2D eigenvalue weighted by atomic mass is 16.2. The summed E-state index contributed by atoms with van der Waals surface area (Å²) in [6.07, 6.45) is 2.43. The zero-order chi connectivity index (χ0) is 19.9. The molecule has 27 heavy (non-hydrogen) atoms. The zero-order valence-electron chi connectivity index (χ0n) is 16.6. The number of carbonyl (C=O) groups is 3. The molecule has 1 aromatic rings. The summed E-state index contributed by atoms with van der Waals surface area (Å²) in [7, 11) is 0. The maximum Gasteiger partial charge on any atom is 0.227 e. The maximum atomic E-state index is 12.3. The van der Waals surface area contributed by atoms with E-state index in [1.807, 2.05) is 56.0 Å². The lowest BCUT2D eigenvalue weighted by Crippen LogP contribution is -2.41. The van der Waals surface area contributed by atoms with E-state index in [0.29, 0.717) is 45.3 Å². The summed E-state index contributed by atoms with van der Waals surface area (Å²) in [5.41, 5.74) is 0.393. The van der Waals surface area contributed by atoms with Crippen LogP contribution in [0.15, 0.2) is 30.3 Å². The summed E-state index contributed by atoms with van der Waals surface area (Å²) in [5, 5.41) is 5.80. The van der Waals surface area contributed by atoms with Crippen LogP contribution in [0.5, 0.6) is 0 Å². The first kappa shape index (κ1) is 20.9. The van der Waals surface area contributed by atoms with E-state index in [2.05, 4.69) is 10.6 Å². The molecule has 6 heteroatoms. The van der Waals surface area contributed by atoms with Crippen molar-refractivity contribution in [1.29, 1.82) is 0 Å². The van der Waals surface area contributed by atoms with Crippen molar-refractivity contribution < 1.29 is 14.4 Å². The number of hydrogen-bond donors (Lipinski definition) is 2. The molecule has 1 saturated heterocycles. The zero-order valence-corrected chi connectivity index (χ0v) is 16.6. The van der Waals surface area contributed by atoms with Crippen molar-refractivity contribution in [3.63, 3.8) is 0 Å². The Kier molecular flexibility index (Phi) is 7.39. The molecule has 1 fully saturated rings. The third-order valence-corrected chi connectivity index (χ3v) is 4.79. The second-order valence-corrected chi connectivity index (χ2v) is 8.12. The molecule has 0 aliphatic carbocycles. The smallest absolute Gasteiger partial charge is 0.227 e. The van der Waals surface area contributed by atoms with E-state index in [1.165, 1.54) is 0 Å². The van der Waals surface area contributed by atoms with Gasteiger partial charge in [0.1, 0.15) is 0 Å². The van der Waals surface area contributed by atoms with Gasteiger partial charge in [-0.25, -0.2) is 0 Å². The molecule has 0 aromatic heterocycles. The van der Waals surface area contributed by atoms with E-state index in [-0.39, 0.29) is 23.6 Å². The molecule has 2 N–H and O–H groups in total. The lowest BCUT2D eigenvalue weighted by atomic mass is 9.95. The molecule has 3 amide bonds. The monoisotopic (exact) mass is 373 g/mol. The van der Waals surface area contributed by atoms with Crippen molar-refractivity contribution in [1.82, 2.24) is 10.2 Å². The van der Waals surface area contributed by atoms with Crippen LogP contribution in [0.1, 0.15) is 46.5 Å². The molecule has 0 bridgehead atoms. The van der Waals surface area contributed by atoms with Crippen molar-refractivity contribution in [2.45, 2.75) is 46.5 Å². The highest BCUT2D eigenvalue weighted by molar-refractivity contribution is 5.92. The van der Waals surface area contributed by atoms with Crippen LogP contribution in [0.3, 0.4) is 0 Å². The maximum absolute atomic E-state index is 12.3. The van der Waals surface area contributed by atoms with Crippen LogP contribution in [-0.4, -0.2) is 42.3 Å². The largest absolute Gasteiger partial charge is 0.356 e. The lowest BCUT2D eigenvalue weighted by Gasteiger charge is -2.31. The van der Waals surface area contributed by atoms with Crippen LogP contribution in [0, 0.1) is 11.3 Å². The second-order valence-electron chi connectivity index (χ2n) is 8.12. The molecule has 1 heterocycles. The molecule has 1 aliphatic rings. The Morgan fingerprint density at radius 1 is 1.07 bits per heavy atom. The molecular formula is C21H31N3O3. The Morgan fingerprint density at radius 3 is 2.30 bits per heavy atom. The summed E-state index contributed by atoms with van der Waals surface area (Å²) in [6.45, 7) is 7.33. The fraction of sp³-hybridized carbons (Fsp3) is 0.571. The number of nitrogens with one attached hydrogen (secondary N) is 2. The number of rotatable bonds is 6. The van der Waals surface area contributed by atoms with E-state index in [4.69, 9.17) is 0 Å². The molecule has 1 aromatic carbocycles. The molecule has 2 rings (SSSR count). The van der Waals surface area contributed by atoms with Crippen LogP contribution < -0.4 is 10.6 Å². The number of likely N-dealkylation sites (tertiary alicyclic amines) is 1. The van der Waals surface area contributed by atoms with Crippen LogP contribution >= 0.6 is 0 Å². The third kappa shape index (κ3) is 6.70. The van der Waals surface area contributed by atoms with E-state index in [0.717, 1.165) is 5.69 Å². The standard InChI is InChI=1S/C21H31N3O3/c1-21(2,3)20(27)22-13-7-10-18(25)24-14-11-16(12-15-24)19(26)23-17-8-5-4-6-9-17/h4-6,8-9,16H,7,10-15H2,1-3H3,(H,22,27)(H,23,26). The number of amides is 3. The number of nitrogens with zero attached hydrogens (tertiary/aromatic N) is 1. The Hall–Kier alpha value is -2.37. The van der Waals surface area contributed by atoms with Gasteiger partial charge in [-0.2, -0.15) is 0 Å². The molecule has 0 spiro atoms. The van der Waals surface area contributed by atoms with Crippen molar-refractivity contribution in [3.8, 4) is 0 Å². The van der Waals surface area contributed by atoms with Crippen LogP contribution in [0.25, 0.3) is 0 Å². The number of anilines is 1. The molecule has 0 radical (unpaired) electrons. The minimum Gasteiger partial charge on any atom is -0.356 e. The highest BCUT2D eigenvalue weighted by Gasteiger charge is 2.27. The summed E-state index contributed by atoms with van der Waals surface area (Å²) in [4.78, 5) is 38.3. The van der Waals surface area contributed by atoms with Gasteiger partial charge in [0, 0.05) is 43.1 Å². The first-order valence-corrected chi connectivity index (χ1v) is 9.69. The van der Waals surface area contributed by atoms with Gasteiger partial charge < -0.3 is 15.5 Å². The SMILES string of the molecule is CC(C)(C)C(=O)NCCCC(=O)N1CCC(C(=O)Nc2ccccc2)CC1. The lowest BCUT2D eigenvalue weighted by molar-refractivity contribution is -0.134. The van der Waals surface area contributed by atoms with Crippen molar-refractivity contribution >= 4 is 23.4 Å². The first-order chi connectivity index (χ1) is 12.8. The van der Waals surface area contributed by atoms with E-state index >= 15 is 0 Å². The fourth-order valence-corrected chi connectivity index (χ4v) is 3.02. The fourth-order valence-electron chi connectivity index (χ4n) is 3.02.